The number of hydrogen-bond donors (Lipinski definition) is 0. The van der Waals surface area contributed by atoms with Gasteiger partial charge < -0.3 is 9.47 Å². The predicted molar refractivity (Wildman–Crippen MR) is 89.8 cm³/mol. The zero-order valence-electron chi connectivity index (χ0n) is 14.3. The third kappa shape index (κ3) is 2.92. The molecule has 0 aromatic carbocycles. The molecule has 3 heterocycles. The van der Waals surface area contributed by atoms with Crippen LogP contribution < -0.4 is 0 Å². The minimum atomic E-state index is 0.0352. The molecule has 0 radical (unpaired) electrons. The molecule has 0 spiro atoms. The third-order valence-electron chi connectivity index (χ3n) is 4.97. The monoisotopic (exact) mass is 325 g/mol. The van der Waals surface area contributed by atoms with Crippen LogP contribution in [0.2, 0.25) is 0 Å². The van der Waals surface area contributed by atoms with Crippen molar-refractivity contribution in [3.8, 4) is 0 Å². The van der Waals surface area contributed by atoms with Crippen LogP contribution in [0, 0.1) is 6.92 Å². The third-order valence-corrected chi connectivity index (χ3v) is 4.97. The van der Waals surface area contributed by atoms with E-state index in [1.807, 2.05) is 25.1 Å². The van der Waals surface area contributed by atoms with Gasteiger partial charge in [0.15, 0.2) is 0 Å². The topological polar surface area (TPSA) is 63.9 Å². The first kappa shape index (κ1) is 15.3. The van der Waals surface area contributed by atoms with E-state index in [2.05, 4.69) is 19.5 Å². The highest BCUT2D eigenvalue weighted by molar-refractivity contribution is 5.93. The van der Waals surface area contributed by atoms with Crippen molar-refractivity contribution in [2.24, 2.45) is 7.05 Å². The minimum Gasteiger partial charge on any atom is -0.338 e. The molecule has 126 valence electrons. The van der Waals surface area contributed by atoms with E-state index in [0.717, 1.165) is 36.7 Å². The molecule has 1 unspecified atom stereocenters. The van der Waals surface area contributed by atoms with E-state index in [9.17, 15) is 4.79 Å². The molecule has 1 aliphatic carbocycles. The van der Waals surface area contributed by atoms with Crippen LogP contribution in [0.3, 0.4) is 0 Å². The summed E-state index contributed by atoms with van der Waals surface area (Å²) >= 11 is 0. The summed E-state index contributed by atoms with van der Waals surface area (Å²) in [5.74, 6) is 2.80. The highest BCUT2D eigenvalue weighted by Crippen LogP contribution is 2.37. The van der Waals surface area contributed by atoms with Gasteiger partial charge in [0.1, 0.15) is 11.6 Å². The molecule has 1 aliphatic heterocycles. The summed E-state index contributed by atoms with van der Waals surface area (Å²) in [6.07, 6.45) is 9.85. The van der Waals surface area contributed by atoms with Crippen LogP contribution in [0.25, 0.3) is 0 Å². The highest BCUT2D eigenvalue weighted by atomic mass is 16.2. The predicted octanol–water partition coefficient (Wildman–Crippen LogP) is 2.42. The molecule has 2 aliphatic rings. The maximum absolute atomic E-state index is 12.8. The Morgan fingerprint density at radius 3 is 2.54 bits per heavy atom. The van der Waals surface area contributed by atoms with Crippen LogP contribution in [-0.4, -0.2) is 43.4 Å². The van der Waals surface area contributed by atoms with Crippen molar-refractivity contribution >= 4 is 5.91 Å². The van der Waals surface area contributed by atoms with E-state index in [1.54, 1.807) is 12.4 Å². The first-order valence-corrected chi connectivity index (χ1v) is 8.73. The molecule has 6 heteroatoms. The lowest BCUT2D eigenvalue weighted by Gasteiger charge is -2.32. The molecular formula is C18H23N5O. The van der Waals surface area contributed by atoms with Gasteiger partial charge in [0, 0.05) is 50.6 Å². The molecule has 6 nitrogen and oxygen atoms in total. The second kappa shape index (κ2) is 6.00. The molecule has 1 atom stereocenters. The maximum atomic E-state index is 12.8. The van der Waals surface area contributed by atoms with E-state index in [4.69, 9.17) is 0 Å². The lowest BCUT2D eigenvalue weighted by molar-refractivity contribution is 0.0702. The van der Waals surface area contributed by atoms with Gasteiger partial charge in [0.2, 0.25) is 0 Å². The Morgan fingerprint density at radius 2 is 1.92 bits per heavy atom. The number of likely N-dealkylation sites (tertiary alicyclic amines) is 1. The molecule has 2 aromatic rings. The van der Waals surface area contributed by atoms with Crippen molar-refractivity contribution in [1.82, 2.24) is 24.4 Å². The van der Waals surface area contributed by atoms with E-state index in [-0.39, 0.29) is 5.91 Å². The van der Waals surface area contributed by atoms with Crippen molar-refractivity contribution in [1.29, 1.82) is 0 Å². The Balaban J connectivity index is 1.48. The number of carbonyl (C=O) groups is 1. The van der Waals surface area contributed by atoms with Crippen LogP contribution in [0.15, 0.2) is 18.6 Å². The number of carbonyl (C=O) groups excluding carboxylic acids is 1. The lowest BCUT2D eigenvalue weighted by Crippen LogP contribution is -2.39. The Morgan fingerprint density at radius 1 is 1.17 bits per heavy atom. The van der Waals surface area contributed by atoms with Gasteiger partial charge in [0.05, 0.1) is 11.3 Å². The summed E-state index contributed by atoms with van der Waals surface area (Å²) in [4.78, 5) is 28.1. The first-order valence-electron chi connectivity index (χ1n) is 8.73. The fraction of sp³-hybridized carbons (Fsp3) is 0.556. The number of piperidine rings is 1. The van der Waals surface area contributed by atoms with Crippen molar-refractivity contribution in [3.05, 3.63) is 41.5 Å². The highest BCUT2D eigenvalue weighted by Gasteiger charge is 2.29. The Kier molecular flexibility index (Phi) is 3.82. The Bertz CT molecular complexity index is 747. The number of hydrogen-bond acceptors (Lipinski definition) is 4. The van der Waals surface area contributed by atoms with Gasteiger partial charge in [-0.3, -0.25) is 4.79 Å². The summed E-state index contributed by atoms with van der Waals surface area (Å²) in [7, 11) is 2.03. The lowest BCUT2D eigenvalue weighted by atomic mass is 9.96. The van der Waals surface area contributed by atoms with Crippen LogP contribution >= 0.6 is 0 Å². The molecule has 2 fully saturated rings. The quantitative estimate of drug-likeness (QED) is 0.869. The second-order valence-corrected chi connectivity index (χ2v) is 7.05. The van der Waals surface area contributed by atoms with Crippen LogP contribution in [0.5, 0.6) is 0 Å². The molecular weight excluding hydrogens is 302 g/mol. The van der Waals surface area contributed by atoms with Gasteiger partial charge in [-0.05, 0) is 32.6 Å². The van der Waals surface area contributed by atoms with Crippen molar-refractivity contribution < 1.29 is 4.79 Å². The van der Waals surface area contributed by atoms with Gasteiger partial charge in [0.25, 0.3) is 5.91 Å². The molecule has 1 saturated carbocycles. The SMILES string of the molecule is Cc1cn(C)c(C2CCCN(C(=O)c3cnc(C4CC4)nc3)C2)n1. The molecule has 1 amide bonds. The summed E-state index contributed by atoms with van der Waals surface area (Å²) in [5, 5.41) is 0. The van der Waals surface area contributed by atoms with E-state index in [0.29, 0.717) is 23.9 Å². The van der Waals surface area contributed by atoms with Gasteiger partial charge in [-0.2, -0.15) is 0 Å². The number of aryl methyl sites for hydroxylation is 2. The maximum Gasteiger partial charge on any atom is 0.257 e. The van der Waals surface area contributed by atoms with Crippen LogP contribution in [0.1, 0.15) is 65.2 Å². The Hall–Kier alpha value is -2.24. The smallest absolute Gasteiger partial charge is 0.257 e. The fourth-order valence-electron chi connectivity index (χ4n) is 3.57. The normalized spacial score (nSPS) is 21.1. The van der Waals surface area contributed by atoms with Gasteiger partial charge in [-0.15, -0.1) is 0 Å². The molecule has 2 aromatic heterocycles. The second-order valence-electron chi connectivity index (χ2n) is 7.05. The fourth-order valence-corrected chi connectivity index (χ4v) is 3.57. The Labute approximate surface area is 141 Å². The summed E-state index contributed by atoms with van der Waals surface area (Å²) < 4.78 is 2.08. The molecule has 4 rings (SSSR count). The first-order chi connectivity index (χ1) is 11.6. The number of imidazole rings is 1. The van der Waals surface area contributed by atoms with Gasteiger partial charge in [-0.1, -0.05) is 0 Å². The van der Waals surface area contributed by atoms with Crippen molar-refractivity contribution in [2.75, 3.05) is 13.1 Å². The molecule has 24 heavy (non-hydrogen) atoms. The minimum absolute atomic E-state index is 0.0352. The number of rotatable bonds is 3. The summed E-state index contributed by atoms with van der Waals surface area (Å²) in [6.45, 7) is 3.52. The number of amides is 1. The van der Waals surface area contributed by atoms with Crippen LogP contribution in [-0.2, 0) is 7.05 Å². The average molecular weight is 325 g/mol. The average Bonchev–Trinajstić information content (AvgIpc) is 3.39. The number of aromatic nitrogens is 4. The van der Waals surface area contributed by atoms with Gasteiger partial charge in [-0.25, -0.2) is 15.0 Å². The number of nitrogens with zero attached hydrogens (tertiary/aromatic N) is 5. The van der Waals surface area contributed by atoms with Gasteiger partial charge >= 0.3 is 0 Å². The van der Waals surface area contributed by atoms with E-state index in [1.165, 1.54) is 12.8 Å². The largest absolute Gasteiger partial charge is 0.338 e. The van der Waals surface area contributed by atoms with Crippen molar-refractivity contribution in [2.45, 2.75) is 44.4 Å². The summed E-state index contributed by atoms with van der Waals surface area (Å²) in [6, 6.07) is 0. The zero-order chi connectivity index (χ0) is 16.7. The molecule has 0 N–H and O–H groups in total. The van der Waals surface area contributed by atoms with E-state index < -0.39 is 0 Å². The molecule has 0 bridgehead atoms. The zero-order valence-corrected chi connectivity index (χ0v) is 14.3. The van der Waals surface area contributed by atoms with Crippen molar-refractivity contribution in [3.63, 3.8) is 0 Å². The van der Waals surface area contributed by atoms with E-state index >= 15 is 0 Å². The molecule has 1 saturated heterocycles. The summed E-state index contributed by atoms with van der Waals surface area (Å²) in [5.41, 5.74) is 1.62. The van der Waals surface area contributed by atoms with Crippen LogP contribution in [0.4, 0.5) is 0 Å². The standard InChI is InChI=1S/C18H23N5O/c1-12-10-22(2)17(21-12)14-4-3-7-23(11-14)18(24)15-8-19-16(20-9-15)13-5-6-13/h8-10,13-14H,3-7,11H2,1-2H3.